The maximum atomic E-state index is 14.0. The first-order valence-electron chi connectivity index (χ1n) is 19.0. The third-order valence-corrected chi connectivity index (χ3v) is 14.8. The van der Waals surface area contributed by atoms with Crippen molar-refractivity contribution < 1.29 is 23.5 Å². The number of hydrogen-bond acceptors (Lipinski definition) is 8. The summed E-state index contributed by atoms with van der Waals surface area (Å²) in [4.78, 5) is 42.8. The van der Waals surface area contributed by atoms with E-state index in [9.17, 15) is 14.4 Å². The Labute approximate surface area is 305 Å². The summed E-state index contributed by atoms with van der Waals surface area (Å²) >= 11 is 3.45. The predicted octanol–water partition coefficient (Wildman–Crippen LogP) is 9.16. The van der Waals surface area contributed by atoms with Crippen LogP contribution in [0.3, 0.4) is 0 Å². The second-order valence-electron chi connectivity index (χ2n) is 18.1. The van der Waals surface area contributed by atoms with E-state index in [1.165, 1.54) is 12.0 Å². The van der Waals surface area contributed by atoms with Crippen molar-refractivity contribution >= 4 is 34.0 Å². The number of allylic oxidation sites excluding steroid dienone is 2. The first kappa shape index (κ1) is 35.7. The topological polar surface area (TPSA) is 112 Å². The van der Waals surface area contributed by atoms with E-state index in [2.05, 4.69) is 65.7 Å². The lowest BCUT2D eigenvalue weighted by Crippen LogP contribution is -2.60. The highest BCUT2D eigenvalue weighted by atomic mass is 79.9. The van der Waals surface area contributed by atoms with Gasteiger partial charge >= 0.3 is 5.97 Å². The van der Waals surface area contributed by atoms with Crippen LogP contribution in [0.2, 0.25) is 0 Å². The Kier molecular flexibility index (Phi) is 9.12. The van der Waals surface area contributed by atoms with Crippen LogP contribution < -0.4 is 0 Å². The molecule has 4 fully saturated rings. The normalized spacial score (nSPS) is 36.8. The zero-order chi connectivity index (χ0) is 35.8. The van der Waals surface area contributed by atoms with Crippen LogP contribution in [0.15, 0.2) is 38.4 Å². The smallest absolute Gasteiger partial charge is 0.307 e. The van der Waals surface area contributed by atoms with Gasteiger partial charge in [-0.3, -0.25) is 9.59 Å². The van der Waals surface area contributed by atoms with Crippen LogP contribution in [-0.4, -0.2) is 39.3 Å². The molecule has 9 atom stereocenters. The van der Waals surface area contributed by atoms with Crippen molar-refractivity contribution in [3.8, 4) is 11.6 Å². The number of pyridine rings is 1. The molecule has 2 heterocycles. The van der Waals surface area contributed by atoms with E-state index >= 15 is 0 Å². The lowest BCUT2D eigenvalue weighted by Gasteiger charge is -2.67. The van der Waals surface area contributed by atoms with E-state index in [0.29, 0.717) is 59.8 Å². The lowest BCUT2D eigenvalue weighted by molar-refractivity contribution is -0.191. The molecule has 0 radical (unpaired) electrons. The van der Waals surface area contributed by atoms with Gasteiger partial charge in [0.15, 0.2) is 5.78 Å². The summed E-state index contributed by atoms with van der Waals surface area (Å²) < 4.78 is 13.2. The molecule has 0 bridgehead atoms. The molecule has 270 valence electrons. The fourth-order valence-electron chi connectivity index (χ4n) is 12.2. The molecule has 4 saturated carbocycles. The second-order valence-corrected chi connectivity index (χ2v) is 19.1. The van der Waals surface area contributed by atoms with Crippen LogP contribution in [0.4, 0.5) is 0 Å². The number of nitrogens with zero attached hydrogens (tertiary/aromatic N) is 3. The van der Waals surface area contributed by atoms with Crippen LogP contribution in [0.25, 0.3) is 11.6 Å². The summed E-state index contributed by atoms with van der Waals surface area (Å²) in [7, 11) is 0. The summed E-state index contributed by atoms with van der Waals surface area (Å²) in [5.41, 5.74) is 2.53. The summed E-state index contributed by atoms with van der Waals surface area (Å²) in [6.07, 6.45) is 12.3. The molecule has 0 amide bonds. The minimum absolute atomic E-state index is 0.0907. The number of ketones is 1. The molecule has 50 heavy (non-hydrogen) atoms. The molecule has 5 aliphatic carbocycles. The average molecular weight is 749 g/mol. The number of aldehydes is 1. The number of ether oxygens (including phenoxy) is 1. The summed E-state index contributed by atoms with van der Waals surface area (Å²) in [5, 5.41) is 8.87. The van der Waals surface area contributed by atoms with Gasteiger partial charge in [0.05, 0.1) is 6.42 Å². The van der Waals surface area contributed by atoms with Gasteiger partial charge in [-0.05, 0) is 131 Å². The quantitative estimate of drug-likeness (QED) is 0.194. The largest absolute Gasteiger partial charge is 0.462 e. The molecule has 5 aliphatic rings. The lowest BCUT2D eigenvalue weighted by atomic mass is 9.38. The fraction of sp³-hybridized carbons (Fsp3) is 0.707. The van der Waals surface area contributed by atoms with E-state index < -0.39 is 5.41 Å². The highest BCUT2D eigenvalue weighted by molar-refractivity contribution is 9.10. The van der Waals surface area contributed by atoms with Gasteiger partial charge in [0.1, 0.15) is 18.1 Å². The van der Waals surface area contributed by atoms with Gasteiger partial charge in [0, 0.05) is 34.3 Å². The van der Waals surface area contributed by atoms with Crippen molar-refractivity contribution in [3.05, 3.63) is 39.8 Å². The van der Waals surface area contributed by atoms with Crippen molar-refractivity contribution in [3.63, 3.8) is 0 Å². The number of hydrogen-bond donors (Lipinski definition) is 0. The van der Waals surface area contributed by atoms with Crippen molar-refractivity contribution in [1.29, 1.82) is 0 Å². The molecule has 8 nitrogen and oxygen atoms in total. The maximum absolute atomic E-state index is 14.0. The van der Waals surface area contributed by atoms with Crippen LogP contribution in [0.1, 0.15) is 119 Å². The number of carbonyl (C=O) groups excluding carboxylic acids is 3. The third kappa shape index (κ3) is 5.85. The Balaban J connectivity index is 1.14. The maximum Gasteiger partial charge on any atom is 0.307 e. The van der Waals surface area contributed by atoms with Gasteiger partial charge in [-0.15, -0.1) is 10.2 Å². The molecular formula is C41H54BrN3O5. The molecule has 0 aliphatic heterocycles. The minimum Gasteiger partial charge on any atom is -0.462 e. The second kappa shape index (κ2) is 12.8. The van der Waals surface area contributed by atoms with Gasteiger partial charge in [0.25, 0.3) is 5.89 Å². The van der Waals surface area contributed by atoms with Crippen molar-refractivity contribution in [1.82, 2.24) is 15.2 Å². The molecule has 0 aromatic carbocycles. The standard InChI is InChI=1S/C41H54BrN3O5/c1-23(2)35-30(47)18-41(19-33-44-45-37(50-33)29-10-8-25(42)21-43-29)17-13-28-26(36(35)41)9-11-32-39(6)16-14-31(49-34(48)20-38(4,5)22-46)24(3)27(39)12-15-40(28,32)7/h8,10,21-24,26-28,31-32H,9,11-20H2,1-7H3. The molecule has 9 heteroatoms. The Bertz CT molecular complexity index is 1700. The van der Waals surface area contributed by atoms with Crippen LogP contribution in [-0.2, 0) is 25.5 Å². The SMILES string of the molecule is CC(C)C1=C2C3CCC4C(C)(CCC5C(C)C(OC(=O)CC(C)(C)C=O)CCC54C)C3CCC2(Cc2nnc(-c3ccc(Br)cn3)o2)CC1=O. The van der Waals surface area contributed by atoms with Crippen LogP contribution in [0.5, 0.6) is 0 Å². The summed E-state index contributed by atoms with van der Waals surface area (Å²) in [6, 6.07) is 3.79. The first-order chi connectivity index (χ1) is 23.6. The monoisotopic (exact) mass is 747 g/mol. The summed E-state index contributed by atoms with van der Waals surface area (Å²) in [5.74, 6) is 3.53. The Morgan fingerprint density at radius 2 is 1.78 bits per heavy atom. The van der Waals surface area contributed by atoms with Crippen LogP contribution >= 0.6 is 15.9 Å². The Hall–Kier alpha value is -2.68. The molecule has 2 aromatic rings. The van der Waals surface area contributed by atoms with Crippen molar-refractivity contribution in [2.75, 3.05) is 0 Å². The highest BCUT2D eigenvalue weighted by Crippen LogP contribution is 2.72. The first-order valence-corrected chi connectivity index (χ1v) is 19.8. The Morgan fingerprint density at radius 1 is 1.06 bits per heavy atom. The number of Topliss-reactive ketones (excluding diaryl/α,β-unsaturated/α-hetero) is 1. The molecule has 0 saturated heterocycles. The van der Waals surface area contributed by atoms with E-state index in [0.717, 1.165) is 61.3 Å². The Morgan fingerprint density at radius 3 is 2.48 bits per heavy atom. The molecule has 9 unspecified atom stereocenters. The van der Waals surface area contributed by atoms with Gasteiger partial charge in [0.2, 0.25) is 5.89 Å². The zero-order valence-corrected chi connectivity index (χ0v) is 32.5. The van der Waals surface area contributed by atoms with E-state index in [1.807, 2.05) is 12.1 Å². The molecule has 0 N–H and O–H groups in total. The van der Waals surface area contributed by atoms with Crippen molar-refractivity contribution in [2.24, 2.45) is 57.2 Å². The van der Waals surface area contributed by atoms with E-state index in [4.69, 9.17) is 9.15 Å². The molecular weight excluding hydrogens is 694 g/mol. The third-order valence-electron chi connectivity index (χ3n) is 14.4. The van der Waals surface area contributed by atoms with E-state index in [-0.39, 0.29) is 46.6 Å². The predicted molar refractivity (Wildman–Crippen MR) is 193 cm³/mol. The van der Waals surface area contributed by atoms with Gasteiger partial charge < -0.3 is 13.9 Å². The van der Waals surface area contributed by atoms with Gasteiger partial charge in [-0.25, -0.2) is 4.98 Å². The van der Waals surface area contributed by atoms with Gasteiger partial charge in [-0.1, -0.05) is 54.0 Å². The zero-order valence-electron chi connectivity index (χ0n) is 30.9. The van der Waals surface area contributed by atoms with Crippen molar-refractivity contribution in [2.45, 2.75) is 125 Å². The van der Waals surface area contributed by atoms with E-state index in [1.54, 1.807) is 20.0 Å². The fourth-order valence-corrected chi connectivity index (χ4v) is 12.5. The number of halogens is 1. The number of aromatic nitrogens is 3. The molecule has 2 aromatic heterocycles. The highest BCUT2D eigenvalue weighted by Gasteiger charge is 2.65. The minimum atomic E-state index is -0.701. The number of esters is 1. The number of rotatable bonds is 8. The number of fused-ring (bicyclic) bond motifs is 7. The molecule has 0 spiro atoms. The average Bonchev–Trinajstić information content (AvgIpc) is 3.63. The summed E-state index contributed by atoms with van der Waals surface area (Å²) in [6.45, 7) is 15.4. The molecule has 7 rings (SSSR count). The van der Waals surface area contributed by atoms with Crippen LogP contribution in [0, 0.1) is 57.2 Å². The van der Waals surface area contributed by atoms with Gasteiger partial charge in [-0.2, -0.15) is 0 Å². The number of carbonyl (C=O) groups is 3.